The molecule has 0 aliphatic heterocycles. The molecule has 0 saturated carbocycles. The van der Waals surface area contributed by atoms with Crippen molar-refractivity contribution in [1.29, 1.82) is 5.26 Å². The van der Waals surface area contributed by atoms with Crippen molar-refractivity contribution < 1.29 is 10.0 Å². The largest absolute Gasteiger partial charge is 0.509 e. The predicted molar refractivity (Wildman–Crippen MR) is 56.3 cm³/mol. The van der Waals surface area contributed by atoms with Crippen LogP contribution in [0.15, 0.2) is 30.3 Å². The van der Waals surface area contributed by atoms with Crippen LogP contribution in [0.5, 0.6) is 0 Å². The molecule has 1 aromatic heterocycles. The fourth-order valence-corrected chi connectivity index (χ4v) is 1.42. The number of hydrogen-bond acceptors (Lipinski definition) is 4. The Kier molecular flexibility index (Phi) is 2.38. The molecule has 0 aliphatic rings. The molecule has 0 spiro atoms. The molecule has 4 nitrogen and oxygen atoms in total. The van der Waals surface area contributed by atoms with Gasteiger partial charge < -0.3 is 10.0 Å². The van der Waals surface area contributed by atoms with Gasteiger partial charge in [-0.3, -0.25) is 4.98 Å². The van der Waals surface area contributed by atoms with Gasteiger partial charge in [0.15, 0.2) is 0 Å². The van der Waals surface area contributed by atoms with E-state index >= 15 is 0 Å². The minimum atomic E-state index is -1.72. The maximum absolute atomic E-state index is 9.04. The Balaban J connectivity index is 2.76. The lowest BCUT2D eigenvalue weighted by Gasteiger charge is -2.03. The van der Waals surface area contributed by atoms with Crippen molar-refractivity contribution in [3.05, 3.63) is 35.9 Å². The molecule has 0 fully saturated rings. The molecule has 5 heteroatoms. The van der Waals surface area contributed by atoms with E-state index in [0.29, 0.717) is 5.52 Å². The molecule has 2 aromatic rings. The zero-order chi connectivity index (χ0) is 10.8. The molecule has 1 heterocycles. The number of nitriles is 1. The highest BCUT2D eigenvalue weighted by Gasteiger charge is 2.18. The van der Waals surface area contributed by atoms with E-state index in [1.807, 2.05) is 18.2 Å². The third-order valence-corrected chi connectivity index (χ3v) is 2.12. The van der Waals surface area contributed by atoms with Crippen LogP contribution in [0, 0.1) is 11.3 Å². The molecular formula is C10H7BN2O2. The van der Waals surface area contributed by atoms with Gasteiger partial charge in [-0.2, -0.15) is 5.26 Å². The van der Waals surface area contributed by atoms with Crippen LogP contribution in [0.1, 0.15) is 5.56 Å². The third kappa shape index (κ3) is 1.68. The van der Waals surface area contributed by atoms with Gasteiger partial charge in [-0.05, 0) is 12.1 Å². The Morgan fingerprint density at radius 2 is 2.00 bits per heavy atom. The van der Waals surface area contributed by atoms with Gasteiger partial charge in [-0.1, -0.05) is 18.2 Å². The Morgan fingerprint density at radius 3 is 2.67 bits per heavy atom. The van der Waals surface area contributed by atoms with Crippen molar-refractivity contribution in [3.8, 4) is 6.07 Å². The fraction of sp³-hybridized carbons (Fsp3) is 0. The monoisotopic (exact) mass is 198 g/mol. The number of hydrogen-bond donors (Lipinski definition) is 2. The van der Waals surface area contributed by atoms with Gasteiger partial charge in [0.1, 0.15) is 6.07 Å². The van der Waals surface area contributed by atoms with E-state index in [-0.39, 0.29) is 11.2 Å². The summed E-state index contributed by atoms with van der Waals surface area (Å²) in [7, 11) is -1.72. The average Bonchev–Trinajstić information content (AvgIpc) is 2.27. The summed E-state index contributed by atoms with van der Waals surface area (Å²) in [6, 6.07) is 10.7. The van der Waals surface area contributed by atoms with Crippen LogP contribution < -0.4 is 5.59 Å². The van der Waals surface area contributed by atoms with Crippen molar-refractivity contribution in [2.45, 2.75) is 0 Å². The molecule has 0 atom stereocenters. The summed E-state index contributed by atoms with van der Waals surface area (Å²) in [6.07, 6.45) is 0. The Labute approximate surface area is 86.6 Å². The molecule has 2 N–H and O–H groups in total. The number of fused-ring (bicyclic) bond motifs is 1. The second kappa shape index (κ2) is 3.69. The molecule has 15 heavy (non-hydrogen) atoms. The summed E-state index contributed by atoms with van der Waals surface area (Å²) in [5, 5.41) is 27.7. The first-order valence-corrected chi connectivity index (χ1v) is 4.38. The van der Waals surface area contributed by atoms with Crippen LogP contribution in [0.2, 0.25) is 0 Å². The van der Waals surface area contributed by atoms with E-state index in [1.165, 1.54) is 0 Å². The van der Waals surface area contributed by atoms with Gasteiger partial charge >= 0.3 is 7.12 Å². The van der Waals surface area contributed by atoms with Gasteiger partial charge in [0, 0.05) is 5.39 Å². The van der Waals surface area contributed by atoms with Crippen LogP contribution in [0.25, 0.3) is 10.9 Å². The standard InChI is InChI=1S/C10H7BN2O2/c12-6-8-5-7-3-1-2-4-9(7)13-10(8)11(14)15/h1-5,14-15H. The second-order valence-corrected chi connectivity index (χ2v) is 3.10. The van der Waals surface area contributed by atoms with E-state index in [4.69, 9.17) is 15.3 Å². The van der Waals surface area contributed by atoms with Crippen molar-refractivity contribution in [3.63, 3.8) is 0 Å². The zero-order valence-corrected chi connectivity index (χ0v) is 7.75. The molecule has 0 aliphatic carbocycles. The highest BCUT2D eigenvalue weighted by molar-refractivity contribution is 6.58. The number of benzene rings is 1. The van der Waals surface area contributed by atoms with E-state index in [9.17, 15) is 0 Å². The molecule has 0 bridgehead atoms. The van der Waals surface area contributed by atoms with Crippen LogP contribution in [0.3, 0.4) is 0 Å². The first kappa shape index (κ1) is 9.65. The van der Waals surface area contributed by atoms with Gasteiger partial charge in [-0.25, -0.2) is 0 Å². The smallest absolute Gasteiger partial charge is 0.422 e. The molecule has 0 radical (unpaired) electrons. The number of pyridine rings is 1. The van der Waals surface area contributed by atoms with Gasteiger partial charge in [0.25, 0.3) is 0 Å². The van der Waals surface area contributed by atoms with Gasteiger partial charge in [-0.15, -0.1) is 0 Å². The SMILES string of the molecule is N#Cc1cc2ccccc2nc1B(O)O. The highest BCUT2D eigenvalue weighted by Crippen LogP contribution is 2.11. The maximum atomic E-state index is 9.04. The fourth-order valence-electron chi connectivity index (χ4n) is 1.42. The number of aromatic nitrogens is 1. The topological polar surface area (TPSA) is 77.1 Å². The maximum Gasteiger partial charge on any atom is 0.509 e. The number of para-hydroxylation sites is 1. The third-order valence-electron chi connectivity index (χ3n) is 2.12. The van der Waals surface area contributed by atoms with Gasteiger partial charge in [0.05, 0.1) is 16.7 Å². The molecule has 72 valence electrons. The summed E-state index contributed by atoms with van der Waals surface area (Å²) in [5.74, 6) is 0. The van der Waals surface area contributed by atoms with Crippen molar-refractivity contribution >= 4 is 23.6 Å². The molecular weight excluding hydrogens is 191 g/mol. The van der Waals surface area contributed by atoms with E-state index in [1.54, 1.807) is 18.2 Å². The summed E-state index contributed by atoms with van der Waals surface area (Å²) in [5.41, 5.74) is 0.819. The average molecular weight is 198 g/mol. The van der Waals surface area contributed by atoms with Gasteiger partial charge in [0.2, 0.25) is 0 Å². The summed E-state index contributed by atoms with van der Waals surface area (Å²) < 4.78 is 0. The Morgan fingerprint density at radius 1 is 1.27 bits per heavy atom. The van der Waals surface area contributed by atoms with Crippen LogP contribution >= 0.6 is 0 Å². The van der Waals surface area contributed by atoms with Crippen LogP contribution in [-0.2, 0) is 0 Å². The van der Waals surface area contributed by atoms with Crippen LogP contribution in [0.4, 0.5) is 0 Å². The zero-order valence-electron chi connectivity index (χ0n) is 7.75. The minimum Gasteiger partial charge on any atom is -0.422 e. The van der Waals surface area contributed by atoms with Crippen molar-refractivity contribution in [2.75, 3.05) is 0 Å². The molecule has 0 saturated heterocycles. The Bertz CT molecular complexity index is 549. The number of nitrogens with zero attached hydrogens (tertiary/aromatic N) is 2. The van der Waals surface area contributed by atoms with E-state index < -0.39 is 7.12 Å². The molecule has 2 rings (SSSR count). The second-order valence-electron chi connectivity index (χ2n) is 3.10. The van der Waals surface area contributed by atoms with Crippen LogP contribution in [-0.4, -0.2) is 22.2 Å². The first-order chi connectivity index (χ1) is 7.22. The number of rotatable bonds is 1. The summed E-state index contributed by atoms with van der Waals surface area (Å²) >= 11 is 0. The normalized spacial score (nSPS) is 9.93. The minimum absolute atomic E-state index is 0.00352. The van der Waals surface area contributed by atoms with E-state index in [0.717, 1.165) is 5.39 Å². The molecule has 1 aromatic carbocycles. The lowest BCUT2D eigenvalue weighted by Crippen LogP contribution is -2.35. The lowest BCUT2D eigenvalue weighted by molar-refractivity contribution is 0.424. The predicted octanol–water partition coefficient (Wildman–Crippen LogP) is -0.214. The van der Waals surface area contributed by atoms with Crippen molar-refractivity contribution in [2.24, 2.45) is 0 Å². The Hall–Kier alpha value is -1.90. The quantitative estimate of drug-likeness (QED) is 0.621. The summed E-state index contributed by atoms with van der Waals surface area (Å²) in [6.45, 7) is 0. The first-order valence-electron chi connectivity index (χ1n) is 4.38. The molecule has 0 amide bonds. The highest BCUT2D eigenvalue weighted by atomic mass is 16.4. The summed E-state index contributed by atoms with van der Waals surface area (Å²) in [4.78, 5) is 4.02. The molecule has 0 unspecified atom stereocenters. The van der Waals surface area contributed by atoms with E-state index in [2.05, 4.69) is 4.98 Å². The van der Waals surface area contributed by atoms with Crippen molar-refractivity contribution in [1.82, 2.24) is 4.98 Å². The lowest BCUT2D eigenvalue weighted by atomic mass is 9.82.